The molecule has 2 aliphatic heterocycles. The molecule has 0 bridgehead atoms. The summed E-state index contributed by atoms with van der Waals surface area (Å²) < 4.78 is 51.0. The van der Waals surface area contributed by atoms with Crippen LogP contribution in [0.3, 0.4) is 0 Å². The van der Waals surface area contributed by atoms with E-state index in [1.165, 1.54) is 6.07 Å². The zero-order valence-electron chi connectivity index (χ0n) is 17.0. The maximum absolute atomic E-state index is 13.6. The third-order valence-electron chi connectivity index (χ3n) is 5.25. The minimum absolute atomic E-state index is 0.0868. The van der Waals surface area contributed by atoms with Crippen LogP contribution in [0.4, 0.5) is 15.8 Å². The molecule has 0 aromatic carbocycles. The number of amides is 1. The summed E-state index contributed by atoms with van der Waals surface area (Å²) in [6.07, 6.45) is 1.36. The fraction of sp³-hybridized carbons (Fsp3) is 0.421. The van der Waals surface area contributed by atoms with Crippen LogP contribution in [-0.4, -0.2) is 42.6 Å². The molecule has 1 saturated heterocycles. The number of nitrogens with one attached hydrogen (secondary N) is 3. The summed E-state index contributed by atoms with van der Waals surface area (Å²) in [6.45, 7) is 4.51. The Balaban J connectivity index is 1.63. The van der Waals surface area contributed by atoms with E-state index in [0.29, 0.717) is 29.9 Å². The number of nitriles is 1. The molecule has 0 unspecified atom stereocenters. The number of hydrogen-bond acceptors (Lipinski definition) is 6. The first kappa shape index (κ1) is 21.2. The minimum Gasteiger partial charge on any atom is -0.377 e. The quantitative estimate of drug-likeness (QED) is 0.572. The molecule has 31 heavy (non-hydrogen) atoms. The average molecular weight is 448 g/mol. The van der Waals surface area contributed by atoms with Gasteiger partial charge in [-0.15, -0.1) is 0 Å². The lowest BCUT2D eigenvalue weighted by molar-refractivity contribution is -0.0522. The Morgan fingerprint density at radius 3 is 2.77 bits per heavy atom. The minimum atomic E-state index is -3.90. The standard InChI is InChI=1S/C19H21FN6O4S/c1-11-16(24-31(28,29)25-19(2)9-30-10-19)14-4-3-5-26(14)17(11)18(27)23-12-6-13(8-21)22-15(20)7-12/h6-7,24-25H,3-5,9-10H2,1-2H3,(H,22,23,27). The highest BCUT2D eigenvalue weighted by Crippen LogP contribution is 2.34. The molecule has 0 aliphatic carbocycles. The van der Waals surface area contributed by atoms with E-state index in [-0.39, 0.29) is 30.3 Å². The van der Waals surface area contributed by atoms with Crippen molar-refractivity contribution in [2.75, 3.05) is 23.3 Å². The summed E-state index contributed by atoms with van der Waals surface area (Å²) in [6, 6.07) is 4.01. The summed E-state index contributed by atoms with van der Waals surface area (Å²) in [5, 5.41) is 11.5. The molecule has 1 fully saturated rings. The van der Waals surface area contributed by atoms with Crippen LogP contribution in [0.1, 0.15) is 40.8 Å². The molecule has 0 spiro atoms. The Kier molecular flexibility index (Phi) is 5.20. The Hall–Kier alpha value is -3.01. The van der Waals surface area contributed by atoms with Crippen molar-refractivity contribution in [3.63, 3.8) is 0 Å². The van der Waals surface area contributed by atoms with Gasteiger partial charge in [-0.25, -0.2) is 4.98 Å². The molecule has 3 N–H and O–H groups in total. The van der Waals surface area contributed by atoms with E-state index in [2.05, 4.69) is 19.7 Å². The SMILES string of the molecule is Cc1c(NS(=O)(=O)NC2(C)COC2)c2n(c1C(=O)Nc1cc(F)nc(C#N)c1)CCC2. The zero-order chi connectivity index (χ0) is 22.4. The van der Waals surface area contributed by atoms with Gasteiger partial charge in [0.2, 0.25) is 5.95 Å². The van der Waals surface area contributed by atoms with Gasteiger partial charge in [0.25, 0.3) is 16.1 Å². The lowest BCUT2D eigenvalue weighted by atomic mass is 10.0. The van der Waals surface area contributed by atoms with E-state index in [0.717, 1.165) is 12.5 Å². The van der Waals surface area contributed by atoms with Crippen molar-refractivity contribution in [1.29, 1.82) is 5.26 Å². The Morgan fingerprint density at radius 2 is 2.13 bits per heavy atom. The highest BCUT2D eigenvalue weighted by molar-refractivity contribution is 7.90. The maximum atomic E-state index is 13.6. The molecular formula is C19H21FN6O4S. The number of rotatable bonds is 6. The lowest BCUT2D eigenvalue weighted by Gasteiger charge is -2.38. The van der Waals surface area contributed by atoms with Crippen LogP contribution >= 0.6 is 0 Å². The van der Waals surface area contributed by atoms with Gasteiger partial charge in [-0.2, -0.15) is 22.8 Å². The Labute approximate surface area is 178 Å². The molecule has 0 saturated carbocycles. The number of anilines is 2. The second-order valence-electron chi connectivity index (χ2n) is 7.94. The van der Waals surface area contributed by atoms with E-state index < -0.39 is 27.6 Å². The first-order valence-corrected chi connectivity index (χ1v) is 11.1. The average Bonchev–Trinajstić information content (AvgIpc) is 3.21. The van der Waals surface area contributed by atoms with E-state index >= 15 is 0 Å². The summed E-state index contributed by atoms with van der Waals surface area (Å²) in [5.74, 6) is -1.42. The van der Waals surface area contributed by atoms with Gasteiger partial charge >= 0.3 is 0 Å². The molecule has 1 amide bonds. The normalized spacial score (nSPS) is 16.8. The molecule has 0 radical (unpaired) electrons. The van der Waals surface area contributed by atoms with Gasteiger partial charge in [0, 0.05) is 29.6 Å². The van der Waals surface area contributed by atoms with Crippen molar-refractivity contribution in [3.05, 3.63) is 40.7 Å². The van der Waals surface area contributed by atoms with Gasteiger partial charge in [-0.05, 0) is 32.8 Å². The van der Waals surface area contributed by atoms with Gasteiger partial charge in [0.15, 0.2) is 0 Å². The van der Waals surface area contributed by atoms with Crippen molar-refractivity contribution in [2.45, 2.75) is 38.8 Å². The monoisotopic (exact) mass is 448 g/mol. The molecule has 0 atom stereocenters. The largest absolute Gasteiger partial charge is 0.377 e. The van der Waals surface area contributed by atoms with Crippen molar-refractivity contribution >= 4 is 27.5 Å². The van der Waals surface area contributed by atoms with Crippen molar-refractivity contribution in [1.82, 2.24) is 14.3 Å². The molecular weight excluding hydrogens is 427 g/mol. The van der Waals surface area contributed by atoms with E-state index in [1.54, 1.807) is 24.5 Å². The molecule has 2 aromatic rings. The molecule has 4 rings (SSSR count). The molecule has 12 heteroatoms. The second kappa shape index (κ2) is 7.60. The van der Waals surface area contributed by atoms with Gasteiger partial charge in [0.05, 0.1) is 24.4 Å². The van der Waals surface area contributed by atoms with Crippen LogP contribution in [-0.2, 0) is 27.9 Å². The summed E-state index contributed by atoms with van der Waals surface area (Å²) in [7, 11) is -3.90. The zero-order valence-corrected chi connectivity index (χ0v) is 17.8. The van der Waals surface area contributed by atoms with Crippen LogP contribution in [0.5, 0.6) is 0 Å². The third-order valence-corrected chi connectivity index (χ3v) is 6.48. The van der Waals surface area contributed by atoms with E-state index in [9.17, 15) is 17.6 Å². The first-order chi connectivity index (χ1) is 14.6. The van der Waals surface area contributed by atoms with Gasteiger partial charge < -0.3 is 14.6 Å². The fourth-order valence-corrected chi connectivity index (χ4v) is 5.27. The second-order valence-corrected chi connectivity index (χ2v) is 9.36. The number of fused-ring (bicyclic) bond motifs is 1. The Bertz CT molecular complexity index is 1210. The van der Waals surface area contributed by atoms with Gasteiger partial charge in [0.1, 0.15) is 17.5 Å². The van der Waals surface area contributed by atoms with E-state index in [4.69, 9.17) is 10.00 Å². The molecule has 10 nitrogen and oxygen atoms in total. The maximum Gasteiger partial charge on any atom is 0.299 e. The molecule has 2 aliphatic rings. The van der Waals surface area contributed by atoms with Crippen molar-refractivity contribution in [2.24, 2.45) is 0 Å². The van der Waals surface area contributed by atoms with Crippen LogP contribution < -0.4 is 14.8 Å². The number of halogens is 1. The lowest BCUT2D eigenvalue weighted by Crippen LogP contribution is -2.60. The predicted octanol–water partition coefficient (Wildman–Crippen LogP) is 1.44. The Morgan fingerprint density at radius 1 is 1.39 bits per heavy atom. The number of aromatic nitrogens is 2. The van der Waals surface area contributed by atoms with Gasteiger partial charge in [-0.1, -0.05) is 0 Å². The highest BCUT2D eigenvalue weighted by atomic mass is 32.2. The predicted molar refractivity (Wildman–Crippen MR) is 109 cm³/mol. The number of carbonyl (C=O) groups is 1. The number of nitrogens with zero attached hydrogens (tertiary/aromatic N) is 3. The van der Waals surface area contributed by atoms with Crippen LogP contribution in [0.2, 0.25) is 0 Å². The van der Waals surface area contributed by atoms with Crippen molar-refractivity contribution in [3.8, 4) is 6.07 Å². The van der Waals surface area contributed by atoms with Crippen LogP contribution in [0.25, 0.3) is 0 Å². The van der Waals surface area contributed by atoms with Gasteiger partial charge in [-0.3, -0.25) is 9.52 Å². The fourth-order valence-electron chi connectivity index (χ4n) is 3.91. The van der Waals surface area contributed by atoms with Crippen LogP contribution in [0, 0.1) is 24.2 Å². The topological polar surface area (TPSA) is 138 Å². The molecule has 4 heterocycles. The third kappa shape index (κ3) is 4.12. The smallest absolute Gasteiger partial charge is 0.299 e. The first-order valence-electron chi connectivity index (χ1n) is 9.61. The summed E-state index contributed by atoms with van der Waals surface area (Å²) in [4.78, 5) is 16.4. The number of carbonyl (C=O) groups excluding carboxylic acids is 1. The number of ether oxygens (including phenoxy) is 1. The summed E-state index contributed by atoms with van der Waals surface area (Å²) in [5.41, 5.74) is 1.05. The van der Waals surface area contributed by atoms with E-state index in [1.807, 2.05) is 0 Å². The number of hydrogen-bond donors (Lipinski definition) is 3. The highest BCUT2D eigenvalue weighted by Gasteiger charge is 2.38. The van der Waals surface area contributed by atoms with Crippen LogP contribution in [0.15, 0.2) is 12.1 Å². The number of pyridine rings is 1. The molecule has 2 aromatic heterocycles. The van der Waals surface area contributed by atoms with Crippen molar-refractivity contribution < 1.29 is 22.3 Å². The summed E-state index contributed by atoms with van der Waals surface area (Å²) >= 11 is 0. The molecule has 164 valence electrons.